The molecule has 0 spiro atoms. The fraction of sp³-hybridized carbons (Fsp3) is 0.355. The molecule has 0 aromatic heterocycles. The molecule has 2 N–H and O–H groups in total. The molecule has 1 aliphatic rings. The Labute approximate surface area is 229 Å². The molecule has 2 atom stereocenters. The van der Waals surface area contributed by atoms with Crippen LogP contribution in [-0.2, 0) is 4.79 Å². The molecule has 8 heteroatoms. The van der Waals surface area contributed by atoms with E-state index in [1.54, 1.807) is 25.2 Å². The van der Waals surface area contributed by atoms with Crippen molar-refractivity contribution in [3.05, 3.63) is 83.2 Å². The number of fused-ring (bicyclic) bond motifs is 1. The van der Waals surface area contributed by atoms with Crippen molar-refractivity contribution in [2.24, 2.45) is 5.92 Å². The van der Waals surface area contributed by atoms with E-state index in [-0.39, 0.29) is 17.6 Å². The zero-order valence-electron chi connectivity index (χ0n) is 23.1. The lowest BCUT2D eigenvalue weighted by atomic mass is 9.88. The first-order valence-electron chi connectivity index (χ1n) is 13.2. The molecule has 3 aromatic carbocycles. The molecule has 0 aliphatic carbocycles. The van der Waals surface area contributed by atoms with Gasteiger partial charge in [0.05, 0.1) is 0 Å². The molecule has 0 saturated heterocycles. The minimum absolute atomic E-state index is 0.158. The molecule has 39 heavy (non-hydrogen) atoms. The van der Waals surface area contributed by atoms with Crippen LogP contribution in [-0.4, -0.2) is 57.6 Å². The van der Waals surface area contributed by atoms with Gasteiger partial charge in [0.2, 0.25) is 5.91 Å². The molecule has 1 aliphatic heterocycles. The van der Waals surface area contributed by atoms with Crippen molar-refractivity contribution in [3.8, 4) is 22.6 Å². The van der Waals surface area contributed by atoms with Gasteiger partial charge in [0, 0.05) is 36.8 Å². The maximum atomic E-state index is 13.6. The molecule has 7 nitrogen and oxygen atoms in total. The second-order valence-electron chi connectivity index (χ2n) is 10.4. The number of hydrogen-bond donors (Lipinski definition) is 2. The number of benzene rings is 3. The average Bonchev–Trinajstić information content (AvgIpc) is 3.30. The molecular weight excluding hydrogens is 497 g/mol. The van der Waals surface area contributed by atoms with Crippen LogP contribution in [0.5, 0.6) is 11.5 Å². The van der Waals surface area contributed by atoms with E-state index in [0.717, 1.165) is 23.2 Å². The van der Waals surface area contributed by atoms with E-state index in [1.165, 1.54) is 12.1 Å². The van der Waals surface area contributed by atoms with Gasteiger partial charge in [0.25, 0.3) is 5.91 Å². The van der Waals surface area contributed by atoms with E-state index >= 15 is 0 Å². The highest BCUT2D eigenvalue weighted by atomic mass is 19.1. The largest absolute Gasteiger partial charge is 0.492 e. The van der Waals surface area contributed by atoms with Gasteiger partial charge in [-0.15, -0.1) is 0 Å². The van der Waals surface area contributed by atoms with E-state index in [0.29, 0.717) is 41.7 Å². The van der Waals surface area contributed by atoms with E-state index in [9.17, 15) is 14.0 Å². The number of likely N-dealkylation sites (N-methyl/N-ethyl adjacent to an activating group) is 2. The second kappa shape index (κ2) is 12.3. The standard InChI is InChI=1S/C31H36FN3O4/c1-19(2)18-34-30(36)22-9-12-26(38-15-14-35(4)5)24(17-22)21-8-13-27-25(16-21)28(31(37)33-3)29(39-27)20-6-10-23(32)11-7-20/h6-13,16-17,19,28-29H,14-15,18H2,1-5H3,(H,33,37)(H,34,36). The van der Waals surface area contributed by atoms with Crippen LogP contribution in [0.25, 0.3) is 11.1 Å². The predicted octanol–water partition coefficient (Wildman–Crippen LogP) is 4.78. The van der Waals surface area contributed by atoms with Gasteiger partial charge < -0.3 is 25.0 Å². The minimum atomic E-state index is -0.633. The Hall–Kier alpha value is -3.91. The molecule has 1 heterocycles. The lowest BCUT2D eigenvalue weighted by molar-refractivity contribution is -0.123. The summed E-state index contributed by atoms with van der Waals surface area (Å²) in [7, 11) is 5.54. The molecule has 0 radical (unpaired) electrons. The van der Waals surface area contributed by atoms with Gasteiger partial charge in [-0.05, 0) is 73.6 Å². The molecular formula is C31H36FN3O4. The number of nitrogens with zero attached hydrogens (tertiary/aromatic N) is 1. The fourth-order valence-corrected chi connectivity index (χ4v) is 4.54. The van der Waals surface area contributed by atoms with Gasteiger partial charge in [-0.25, -0.2) is 4.39 Å². The number of carbonyl (C=O) groups excluding carboxylic acids is 2. The number of carbonyl (C=O) groups is 2. The first-order valence-corrected chi connectivity index (χ1v) is 13.2. The Morgan fingerprint density at radius 3 is 2.46 bits per heavy atom. The van der Waals surface area contributed by atoms with Gasteiger partial charge in [-0.3, -0.25) is 9.59 Å². The lowest BCUT2D eigenvalue weighted by Gasteiger charge is -2.18. The lowest BCUT2D eigenvalue weighted by Crippen LogP contribution is -2.28. The summed E-state index contributed by atoms with van der Waals surface area (Å²) in [6.07, 6.45) is -0.597. The number of hydrogen-bond acceptors (Lipinski definition) is 5. The van der Waals surface area contributed by atoms with Crippen LogP contribution in [0.1, 0.15) is 47.4 Å². The van der Waals surface area contributed by atoms with Crippen LogP contribution in [0, 0.1) is 11.7 Å². The van der Waals surface area contributed by atoms with Crippen LogP contribution in [0.15, 0.2) is 60.7 Å². The first kappa shape index (κ1) is 28.1. The summed E-state index contributed by atoms with van der Waals surface area (Å²) in [6.45, 7) is 5.86. The van der Waals surface area contributed by atoms with Gasteiger partial charge in [-0.2, -0.15) is 0 Å². The summed E-state index contributed by atoms with van der Waals surface area (Å²) in [5.41, 5.74) is 3.49. The zero-order valence-corrected chi connectivity index (χ0v) is 23.1. The normalized spacial score (nSPS) is 16.1. The summed E-state index contributed by atoms with van der Waals surface area (Å²) >= 11 is 0. The number of nitrogens with one attached hydrogen (secondary N) is 2. The SMILES string of the molecule is CNC(=O)C1c2cc(-c3cc(C(=O)NCC(C)C)ccc3OCCN(C)C)ccc2OC1c1ccc(F)cc1. The topological polar surface area (TPSA) is 79.9 Å². The van der Waals surface area contributed by atoms with Crippen LogP contribution in [0.4, 0.5) is 4.39 Å². The monoisotopic (exact) mass is 533 g/mol. The highest BCUT2D eigenvalue weighted by molar-refractivity contribution is 5.96. The smallest absolute Gasteiger partial charge is 0.251 e. The highest BCUT2D eigenvalue weighted by Crippen LogP contribution is 2.48. The van der Waals surface area contributed by atoms with Gasteiger partial charge in [0.1, 0.15) is 35.9 Å². The van der Waals surface area contributed by atoms with Crippen molar-refractivity contribution in [1.29, 1.82) is 0 Å². The van der Waals surface area contributed by atoms with E-state index in [4.69, 9.17) is 9.47 Å². The second-order valence-corrected chi connectivity index (χ2v) is 10.4. The number of halogens is 1. The fourth-order valence-electron chi connectivity index (χ4n) is 4.54. The molecule has 0 bridgehead atoms. The number of rotatable bonds is 10. The molecule has 2 amide bonds. The molecule has 206 valence electrons. The quantitative estimate of drug-likeness (QED) is 0.392. The summed E-state index contributed by atoms with van der Waals surface area (Å²) < 4.78 is 25.9. The van der Waals surface area contributed by atoms with Crippen molar-refractivity contribution in [3.63, 3.8) is 0 Å². The highest BCUT2D eigenvalue weighted by Gasteiger charge is 2.40. The predicted molar refractivity (Wildman–Crippen MR) is 150 cm³/mol. The Morgan fingerprint density at radius 2 is 1.79 bits per heavy atom. The van der Waals surface area contributed by atoms with E-state index < -0.39 is 12.0 Å². The van der Waals surface area contributed by atoms with E-state index in [1.807, 2.05) is 63.2 Å². The average molecular weight is 534 g/mol. The number of ether oxygens (including phenoxy) is 2. The number of amides is 2. The van der Waals surface area contributed by atoms with Crippen molar-refractivity contribution >= 4 is 11.8 Å². The van der Waals surface area contributed by atoms with Crippen molar-refractivity contribution in [2.45, 2.75) is 25.9 Å². The van der Waals surface area contributed by atoms with Gasteiger partial charge in [0.15, 0.2) is 0 Å². The molecule has 4 rings (SSSR count). The summed E-state index contributed by atoms with van der Waals surface area (Å²) in [6, 6.07) is 17.1. The third-order valence-corrected chi connectivity index (χ3v) is 6.65. The third kappa shape index (κ3) is 6.57. The summed E-state index contributed by atoms with van der Waals surface area (Å²) in [5.74, 6) is 0.205. The van der Waals surface area contributed by atoms with Crippen molar-refractivity contribution in [2.75, 3.05) is 40.8 Å². The van der Waals surface area contributed by atoms with Crippen LogP contribution in [0.3, 0.4) is 0 Å². The maximum absolute atomic E-state index is 13.6. The molecule has 3 aromatic rings. The molecule has 2 unspecified atom stereocenters. The summed E-state index contributed by atoms with van der Waals surface area (Å²) in [4.78, 5) is 28.0. The van der Waals surface area contributed by atoms with E-state index in [2.05, 4.69) is 10.6 Å². The van der Waals surface area contributed by atoms with Gasteiger partial charge in [-0.1, -0.05) is 32.0 Å². The third-order valence-electron chi connectivity index (χ3n) is 6.65. The van der Waals surface area contributed by atoms with Crippen LogP contribution in [0.2, 0.25) is 0 Å². The van der Waals surface area contributed by atoms with Gasteiger partial charge >= 0.3 is 0 Å². The molecule has 0 saturated carbocycles. The Kier molecular flexibility index (Phi) is 8.86. The Bertz CT molecular complexity index is 1320. The summed E-state index contributed by atoms with van der Waals surface area (Å²) in [5, 5.41) is 5.71. The Balaban J connectivity index is 1.74. The molecule has 0 fully saturated rings. The zero-order chi connectivity index (χ0) is 28.1. The minimum Gasteiger partial charge on any atom is -0.492 e. The van der Waals surface area contributed by atoms with Crippen molar-refractivity contribution in [1.82, 2.24) is 15.5 Å². The van der Waals surface area contributed by atoms with Crippen LogP contribution >= 0.6 is 0 Å². The van der Waals surface area contributed by atoms with Crippen molar-refractivity contribution < 1.29 is 23.5 Å². The first-order chi connectivity index (χ1) is 18.7. The van der Waals surface area contributed by atoms with Crippen LogP contribution < -0.4 is 20.1 Å². The Morgan fingerprint density at radius 1 is 1.05 bits per heavy atom. The maximum Gasteiger partial charge on any atom is 0.251 e.